The van der Waals surface area contributed by atoms with Crippen LogP contribution in [-0.2, 0) is 33.3 Å². The fourth-order valence-corrected chi connectivity index (χ4v) is 7.44. The van der Waals surface area contributed by atoms with Crippen LogP contribution in [0.25, 0.3) is 0 Å². The lowest BCUT2D eigenvalue weighted by Crippen LogP contribution is -2.44. The maximum atomic E-state index is 12.8. The molecule has 0 saturated carbocycles. The van der Waals surface area contributed by atoms with E-state index in [4.69, 9.17) is 18.9 Å². The predicted molar refractivity (Wildman–Crippen MR) is 283 cm³/mol. The summed E-state index contributed by atoms with van der Waals surface area (Å²) in [6.07, 6.45) is 61.0. The Balaban J connectivity index is 4.14. The summed E-state index contributed by atoms with van der Waals surface area (Å²) in [5.74, 6) is -2.29. The molecule has 0 aliphatic heterocycles. The number of quaternary nitrogens is 1. The highest BCUT2D eigenvalue weighted by Gasteiger charge is 2.22. The van der Waals surface area contributed by atoms with E-state index in [1.807, 2.05) is 21.1 Å². The first-order chi connectivity index (χ1) is 33.1. The number of unbranched alkanes of at least 4 members (excludes halogenated alkanes) is 23. The van der Waals surface area contributed by atoms with Gasteiger partial charge in [-0.15, -0.1) is 0 Å². The molecule has 0 rings (SSSR count). The molecule has 0 heterocycles. The van der Waals surface area contributed by atoms with Gasteiger partial charge in [0.15, 0.2) is 12.4 Å². The molecular weight excluding hydrogens is 851 g/mol. The molecule has 0 aliphatic rings. The second-order valence-corrected chi connectivity index (χ2v) is 19.5. The van der Waals surface area contributed by atoms with Gasteiger partial charge in [-0.3, -0.25) is 9.59 Å². The third kappa shape index (κ3) is 50.6. The monoisotopic (exact) mass is 954 g/mol. The number of nitrogens with zero attached hydrogens (tertiary/aromatic N) is 1. The number of carbonyl (C=O) groups excluding carboxylic acids is 3. The van der Waals surface area contributed by atoms with Crippen LogP contribution < -0.4 is 5.11 Å². The molecule has 0 aromatic heterocycles. The molecule has 0 radical (unpaired) electrons. The van der Waals surface area contributed by atoms with Crippen molar-refractivity contribution in [3.8, 4) is 0 Å². The SMILES string of the molecule is CC/C=C\C/C=C\C/C=C\C/C=C\C/C=C\CCCCCCCCCCCCCCCCCC(=O)OC(COC(=O)CCCCCCC/C=C\CCCCC)COC(OCC[N+](C)(C)C)C(=O)[O-]. The number of allylic oxidation sites excluding steroid dienone is 12. The summed E-state index contributed by atoms with van der Waals surface area (Å²) in [4.78, 5) is 37.1. The van der Waals surface area contributed by atoms with Gasteiger partial charge in [-0.25, -0.2) is 0 Å². The molecule has 9 nitrogen and oxygen atoms in total. The Bertz CT molecular complexity index is 1340. The minimum absolute atomic E-state index is 0.145. The number of hydrogen-bond acceptors (Lipinski definition) is 8. The quantitative estimate of drug-likeness (QED) is 0.0195. The Morgan fingerprint density at radius 3 is 1.26 bits per heavy atom. The Morgan fingerprint density at radius 2 is 0.838 bits per heavy atom. The van der Waals surface area contributed by atoms with Crippen LogP contribution in [0.1, 0.15) is 226 Å². The number of rotatable bonds is 50. The van der Waals surface area contributed by atoms with Crippen LogP contribution in [0.4, 0.5) is 0 Å². The molecule has 0 bridgehead atoms. The van der Waals surface area contributed by atoms with Crippen molar-refractivity contribution in [2.24, 2.45) is 0 Å². The average molecular weight is 954 g/mol. The lowest BCUT2D eigenvalue weighted by atomic mass is 10.0. The van der Waals surface area contributed by atoms with E-state index in [0.717, 1.165) is 89.9 Å². The van der Waals surface area contributed by atoms with Crippen molar-refractivity contribution in [3.05, 3.63) is 72.9 Å². The highest BCUT2D eigenvalue weighted by Crippen LogP contribution is 2.16. The molecule has 9 heteroatoms. The van der Waals surface area contributed by atoms with Crippen LogP contribution in [-0.4, -0.2) is 82.3 Å². The van der Waals surface area contributed by atoms with E-state index in [1.54, 1.807) is 0 Å². The lowest BCUT2D eigenvalue weighted by molar-refractivity contribution is -0.870. The normalized spacial score (nSPS) is 13.4. The smallest absolute Gasteiger partial charge is 0.306 e. The van der Waals surface area contributed by atoms with Gasteiger partial charge in [-0.05, 0) is 83.5 Å². The van der Waals surface area contributed by atoms with Gasteiger partial charge in [0.2, 0.25) is 0 Å². The molecule has 0 saturated heterocycles. The third-order valence-electron chi connectivity index (χ3n) is 11.7. The second kappa shape index (κ2) is 50.1. The van der Waals surface area contributed by atoms with Crippen molar-refractivity contribution < 1.29 is 42.9 Å². The summed E-state index contributed by atoms with van der Waals surface area (Å²) < 4.78 is 22.6. The van der Waals surface area contributed by atoms with E-state index in [2.05, 4.69) is 86.8 Å². The first-order valence-electron chi connectivity index (χ1n) is 27.6. The molecule has 68 heavy (non-hydrogen) atoms. The van der Waals surface area contributed by atoms with E-state index in [9.17, 15) is 19.5 Å². The van der Waals surface area contributed by atoms with E-state index in [1.165, 1.54) is 103 Å². The van der Waals surface area contributed by atoms with Crippen molar-refractivity contribution in [2.75, 3.05) is 47.5 Å². The Hall–Kier alpha value is -3.27. The molecule has 0 aromatic carbocycles. The summed E-state index contributed by atoms with van der Waals surface area (Å²) in [6.45, 7) is 4.60. The van der Waals surface area contributed by atoms with Crippen LogP contribution in [0.5, 0.6) is 0 Å². The topological polar surface area (TPSA) is 111 Å². The molecular formula is C59H103NO8. The van der Waals surface area contributed by atoms with E-state index in [0.29, 0.717) is 17.4 Å². The molecule has 0 N–H and O–H groups in total. The van der Waals surface area contributed by atoms with Crippen LogP contribution in [0, 0.1) is 0 Å². The molecule has 2 unspecified atom stereocenters. The third-order valence-corrected chi connectivity index (χ3v) is 11.7. The van der Waals surface area contributed by atoms with Crippen LogP contribution in [0.3, 0.4) is 0 Å². The number of carboxylic acids is 1. The minimum Gasteiger partial charge on any atom is -0.545 e. The van der Waals surface area contributed by atoms with E-state index < -0.39 is 24.3 Å². The van der Waals surface area contributed by atoms with Gasteiger partial charge in [0.25, 0.3) is 0 Å². The summed E-state index contributed by atoms with van der Waals surface area (Å²) in [7, 11) is 5.91. The van der Waals surface area contributed by atoms with Crippen LogP contribution in [0.15, 0.2) is 72.9 Å². The van der Waals surface area contributed by atoms with Crippen molar-refractivity contribution in [1.82, 2.24) is 0 Å². The Labute approximate surface area is 417 Å². The molecule has 0 amide bonds. The fraction of sp³-hybridized carbons (Fsp3) is 0.746. The van der Waals surface area contributed by atoms with E-state index >= 15 is 0 Å². The van der Waals surface area contributed by atoms with Gasteiger partial charge in [0.05, 0.1) is 40.3 Å². The fourth-order valence-electron chi connectivity index (χ4n) is 7.44. The number of esters is 2. The number of aliphatic carboxylic acids is 1. The number of likely N-dealkylation sites (N-methyl/N-ethyl adjacent to an activating group) is 1. The van der Waals surface area contributed by atoms with Gasteiger partial charge in [0.1, 0.15) is 13.2 Å². The molecule has 392 valence electrons. The second-order valence-electron chi connectivity index (χ2n) is 19.5. The standard InChI is InChI=1S/C59H103NO8/c1-6-8-10-12-14-16-18-20-21-22-23-24-25-26-27-28-29-30-31-32-33-34-35-36-37-38-40-42-44-46-48-50-57(62)68-55(54-67-59(58(63)64)65-52-51-60(3,4)5)53-66-56(61)49-47-45-43-41-39-19-17-15-13-11-9-7-2/h8,10,14-17,20-21,23-24,26-27,55,59H,6-7,9,11-13,18-19,22,25,28-54H2,1-5H3/b10-8-,16-14-,17-15-,21-20-,24-23-,27-26-. The number of carbonyl (C=O) groups is 3. The van der Waals surface area contributed by atoms with Gasteiger partial charge in [-0.1, -0.05) is 202 Å². The van der Waals surface area contributed by atoms with Crippen molar-refractivity contribution in [3.63, 3.8) is 0 Å². The summed E-state index contributed by atoms with van der Waals surface area (Å²) in [5, 5.41) is 11.7. The zero-order chi connectivity index (χ0) is 49.9. The van der Waals surface area contributed by atoms with Crippen molar-refractivity contribution in [1.29, 1.82) is 0 Å². The molecule has 0 aromatic rings. The first-order valence-corrected chi connectivity index (χ1v) is 27.6. The maximum Gasteiger partial charge on any atom is 0.306 e. The van der Waals surface area contributed by atoms with Gasteiger partial charge in [-0.2, -0.15) is 0 Å². The summed E-state index contributed by atoms with van der Waals surface area (Å²) in [6, 6.07) is 0. The number of hydrogen-bond donors (Lipinski definition) is 0. The maximum absolute atomic E-state index is 12.8. The Morgan fingerprint density at radius 1 is 0.456 bits per heavy atom. The zero-order valence-electron chi connectivity index (χ0n) is 44.5. The highest BCUT2D eigenvalue weighted by molar-refractivity contribution is 5.70. The first kappa shape index (κ1) is 64.7. The van der Waals surface area contributed by atoms with Crippen molar-refractivity contribution in [2.45, 2.75) is 238 Å². The van der Waals surface area contributed by atoms with Crippen LogP contribution >= 0.6 is 0 Å². The van der Waals surface area contributed by atoms with Gasteiger partial charge >= 0.3 is 11.9 Å². The lowest BCUT2D eigenvalue weighted by Gasteiger charge is -2.26. The zero-order valence-corrected chi connectivity index (χ0v) is 44.5. The highest BCUT2D eigenvalue weighted by atomic mass is 16.7. The predicted octanol–water partition coefficient (Wildman–Crippen LogP) is 14.5. The summed E-state index contributed by atoms with van der Waals surface area (Å²) in [5.41, 5.74) is 0. The van der Waals surface area contributed by atoms with Crippen molar-refractivity contribution >= 4 is 17.9 Å². The number of ether oxygens (including phenoxy) is 4. The Kier molecular flexibility index (Phi) is 47.7. The summed E-state index contributed by atoms with van der Waals surface area (Å²) >= 11 is 0. The average Bonchev–Trinajstić information content (AvgIpc) is 3.30. The molecule has 0 spiro atoms. The van der Waals surface area contributed by atoms with Gasteiger partial charge < -0.3 is 33.3 Å². The van der Waals surface area contributed by atoms with E-state index in [-0.39, 0.29) is 38.6 Å². The largest absolute Gasteiger partial charge is 0.545 e. The molecule has 2 atom stereocenters. The van der Waals surface area contributed by atoms with Crippen LogP contribution in [0.2, 0.25) is 0 Å². The molecule has 0 aliphatic carbocycles. The number of carboxylic acid groups (broad SMARTS) is 1. The van der Waals surface area contributed by atoms with Gasteiger partial charge in [0, 0.05) is 12.8 Å². The molecule has 0 fully saturated rings. The minimum atomic E-state index is -1.62.